The van der Waals surface area contributed by atoms with E-state index in [9.17, 15) is 9.59 Å². The summed E-state index contributed by atoms with van der Waals surface area (Å²) in [5, 5.41) is 3.66. The second kappa shape index (κ2) is 8.36. The molecule has 2 atom stereocenters. The Morgan fingerprint density at radius 1 is 1.03 bits per heavy atom. The highest BCUT2D eigenvalue weighted by Gasteiger charge is 2.38. The van der Waals surface area contributed by atoms with Gasteiger partial charge in [0.2, 0.25) is 0 Å². The van der Waals surface area contributed by atoms with E-state index in [1.165, 1.54) is 0 Å². The SMILES string of the molecule is COc1ccccc1NC(=O)N1C[C@H]2C[C@H](C1)c1c(-c3ccc(Cl)cc3)ccc(=O)n1C2. The molecule has 5 rings (SSSR count). The summed E-state index contributed by atoms with van der Waals surface area (Å²) >= 11 is 6.08. The molecule has 2 aliphatic rings. The number of para-hydroxylation sites is 2. The van der Waals surface area contributed by atoms with Crippen LogP contribution in [0.5, 0.6) is 5.75 Å². The minimum absolute atomic E-state index is 0.0133. The van der Waals surface area contributed by atoms with E-state index in [0.717, 1.165) is 23.2 Å². The molecule has 3 heterocycles. The highest BCUT2D eigenvalue weighted by atomic mass is 35.5. The lowest BCUT2D eigenvalue weighted by molar-refractivity contribution is 0.140. The molecule has 0 saturated carbocycles. The molecule has 32 heavy (non-hydrogen) atoms. The van der Waals surface area contributed by atoms with Crippen molar-refractivity contribution in [3.05, 3.63) is 81.7 Å². The van der Waals surface area contributed by atoms with Crippen LogP contribution in [0.25, 0.3) is 11.1 Å². The number of carbonyl (C=O) groups excluding carboxylic acids is 1. The number of methoxy groups -OCH3 is 1. The number of halogens is 1. The predicted octanol–water partition coefficient (Wildman–Crippen LogP) is 4.83. The van der Waals surface area contributed by atoms with E-state index in [2.05, 4.69) is 5.32 Å². The summed E-state index contributed by atoms with van der Waals surface area (Å²) in [7, 11) is 1.59. The summed E-state index contributed by atoms with van der Waals surface area (Å²) in [5.41, 5.74) is 3.71. The summed E-state index contributed by atoms with van der Waals surface area (Å²) < 4.78 is 7.26. The first-order valence-electron chi connectivity index (χ1n) is 10.7. The van der Waals surface area contributed by atoms with Gasteiger partial charge in [-0.1, -0.05) is 35.9 Å². The fourth-order valence-electron chi connectivity index (χ4n) is 5.00. The third-order valence-corrected chi connectivity index (χ3v) is 6.63. The molecule has 0 aliphatic carbocycles. The van der Waals surface area contributed by atoms with Gasteiger partial charge in [0.15, 0.2) is 0 Å². The van der Waals surface area contributed by atoms with E-state index >= 15 is 0 Å². The fourth-order valence-corrected chi connectivity index (χ4v) is 5.12. The number of fused-ring (bicyclic) bond motifs is 4. The third kappa shape index (κ3) is 3.75. The van der Waals surface area contributed by atoms with Gasteiger partial charge in [0, 0.05) is 47.9 Å². The van der Waals surface area contributed by atoms with Gasteiger partial charge in [-0.15, -0.1) is 0 Å². The normalized spacial score (nSPS) is 19.2. The van der Waals surface area contributed by atoms with Gasteiger partial charge in [-0.3, -0.25) is 4.79 Å². The topological polar surface area (TPSA) is 63.6 Å². The van der Waals surface area contributed by atoms with Crippen molar-refractivity contribution in [2.45, 2.75) is 18.9 Å². The number of hydrogen-bond acceptors (Lipinski definition) is 3. The van der Waals surface area contributed by atoms with Gasteiger partial charge in [0.1, 0.15) is 5.75 Å². The standard InChI is InChI=1S/C25H24ClN3O3/c1-32-22-5-3-2-4-21(22)27-25(31)28-13-16-12-18(15-28)24-20(10-11-23(30)29(24)14-16)17-6-8-19(26)9-7-17/h2-11,16,18H,12-15H2,1H3,(H,27,31)/t16-,18-/m1/s1. The number of carbonyl (C=O) groups is 1. The smallest absolute Gasteiger partial charge is 0.321 e. The molecule has 0 unspecified atom stereocenters. The number of amides is 2. The molecule has 1 saturated heterocycles. The monoisotopic (exact) mass is 449 g/mol. The lowest BCUT2D eigenvalue weighted by atomic mass is 9.80. The first-order valence-corrected chi connectivity index (χ1v) is 11.1. The van der Waals surface area contributed by atoms with Gasteiger partial charge in [0.05, 0.1) is 12.8 Å². The van der Waals surface area contributed by atoms with Crippen LogP contribution in [0.4, 0.5) is 10.5 Å². The van der Waals surface area contributed by atoms with Gasteiger partial charge in [0.25, 0.3) is 5.56 Å². The number of anilines is 1. The van der Waals surface area contributed by atoms with Crippen LogP contribution in [-0.4, -0.2) is 35.7 Å². The number of benzene rings is 2. The number of rotatable bonds is 3. The molecule has 2 amide bonds. The van der Waals surface area contributed by atoms with E-state index in [-0.39, 0.29) is 23.4 Å². The van der Waals surface area contributed by atoms with E-state index < -0.39 is 0 Å². The van der Waals surface area contributed by atoms with Crippen molar-refractivity contribution in [1.82, 2.24) is 9.47 Å². The van der Waals surface area contributed by atoms with E-state index in [1.807, 2.05) is 64.1 Å². The largest absolute Gasteiger partial charge is 0.495 e. The Kier molecular flexibility index (Phi) is 5.39. The number of aromatic nitrogens is 1. The van der Waals surface area contributed by atoms with E-state index in [4.69, 9.17) is 16.3 Å². The Labute approximate surface area is 191 Å². The summed E-state index contributed by atoms with van der Waals surface area (Å²) in [6, 6.07) is 18.4. The minimum atomic E-state index is -0.149. The van der Waals surface area contributed by atoms with Crippen molar-refractivity contribution in [2.24, 2.45) is 5.92 Å². The van der Waals surface area contributed by atoms with Gasteiger partial charge < -0.3 is 19.5 Å². The highest BCUT2D eigenvalue weighted by Crippen LogP contribution is 2.40. The van der Waals surface area contributed by atoms with Gasteiger partial charge in [-0.2, -0.15) is 0 Å². The summed E-state index contributed by atoms with van der Waals surface area (Å²) in [5.74, 6) is 0.952. The minimum Gasteiger partial charge on any atom is -0.495 e. The second-order valence-electron chi connectivity index (χ2n) is 8.42. The van der Waals surface area contributed by atoms with Crippen molar-refractivity contribution in [3.63, 3.8) is 0 Å². The average Bonchev–Trinajstić information content (AvgIpc) is 2.80. The van der Waals surface area contributed by atoms with Crippen LogP contribution in [0.3, 0.4) is 0 Å². The molecule has 0 spiro atoms. The molecule has 164 valence electrons. The molecule has 6 nitrogen and oxygen atoms in total. The van der Waals surface area contributed by atoms with Crippen LogP contribution in [-0.2, 0) is 6.54 Å². The number of pyridine rings is 1. The second-order valence-corrected chi connectivity index (χ2v) is 8.86. The zero-order valence-corrected chi connectivity index (χ0v) is 18.5. The zero-order chi connectivity index (χ0) is 22.2. The molecule has 3 aromatic rings. The van der Waals surface area contributed by atoms with E-state index in [0.29, 0.717) is 36.1 Å². The Morgan fingerprint density at radius 2 is 1.81 bits per heavy atom. The number of hydrogen-bond donors (Lipinski definition) is 1. The van der Waals surface area contributed by atoms with Crippen molar-refractivity contribution >= 4 is 23.3 Å². The summed E-state index contributed by atoms with van der Waals surface area (Å²) in [6.45, 7) is 1.79. The number of piperidine rings is 1. The van der Waals surface area contributed by atoms with Crippen molar-refractivity contribution in [3.8, 4) is 16.9 Å². The number of likely N-dealkylation sites (tertiary alicyclic amines) is 1. The fraction of sp³-hybridized carbons (Fsp3) is 0.280. The first kappa shape index (κ1) is 20.6. The Bertz CT molecular complexity index is 1220. The van der Waals surface area contributed by atoms with Crippen molar-refractivity contribution < 1.29 is 9.53 Å². The Morgan fingerprint density at radius 3 is 2.59 bits per heavy atom. The number of nitrogens with one attached hydrogen (secondary N) is 1. The van der Waals surface area contributed by atoms with Gasteiger partial charge in [-0.25, -0.2) is 4.79 Å². The molecular weight excluding hydrogens is 426 g/mol. The van der Waals surface area contributed by atoms with Crippen LogP contribution >= 0.6 is 11.6 Å². The van der Waals surface area contributed by atoms with Crippen LogP contribution in [0.2, 0.25) is 5.02 Å². The molecule has 7 heteroatoms. The molecule has 0 radical (unpaired) electrons. The summed E-state index contributed by atoms with van der Waals surface area (Å²) in [4.78, 5) is 27.7. The van der Waals surface area contributed by atoms with Gasteiger partial charge in [-0.05, 0) is 48.2 Å². The number of urea groups is 1. The van der Waals surface area contributed by atoms with E-state index in [1.54, 1.807) is 13.2 Å². The third-order valence-electron chi connectivity index (χ3n) is 6.38. The van der Waals surface area contributed by atoms with Crippen LogP contribution < -0.4 is 15.6 Å². The molecule has 1 aromatic heterocycles. The molecule has 1 N–H and O–H groups in total. The predicted molar refractivity (Wildman–Crippen MR) is 126 cm³/mol. The van der Waals surface area contributed by atoms with Crippen LogP contribution in [0.15, 0.2) is 65.5 Å². The molecule has 2 aromatic carbocycles. The van der Waals surface area contributed by atoms with Crippen molar-refractivity contribution in [2.75, 3.05) is 25.5 Å². The molecule has 2 aliphatic heterocycles. The maximum atomic E-state index is 13.1. The molecule has 2 bridgehead atoms. The Balaban J connectivity index is 1.46. The summed E-state index contributed by atoms with van der Waals surface area (Å²) in [6.07, 6.45) is 0.961. The molecule has 1 fully saturated rings. The lowest BCUT2D eigenvalue weighted by Gasteiger charge is -2.43. The van der Waals surface area contributed by atoms with Crippen LogP contribution in [0, 0.1) is 5.92 Å². The van der Waals surface area contributed by atoms with Crippen LogP contribution in [0.1, 0.15) is 18.0 Å². The maximum Gasteiger partial charge on any atom is 0.321 e. The number of ether oxygens (including phenoxy) is 1. The lowest BCUT2D eigenvalue weighted by Crippen LogP contribution is -2.50. The maximum absolute atomic E-state index is 13.1. The first-order chi connectivity index (χ1) is 15.5. The average molecular weight is 450 g/mol. The zero-order valence-electron chi connectivity index (χ0n) is 17.8. The van der Waals surface area contributed by atoms with Gasteiger partial charge >= 0.3 is 6.03 Å². The highest BCUT2D eigenvalue weighted by molar-refractivity contribution is 6.30. The Hall–Kier alpha value is -3.25. The van der Waals surface area contributed by atoms with Crippen molar-refractivity contribution in [1.29, 1.82) is 0 Å². The number of nitrogens with zero attached hydrogens (tertiary/aromatic N) is 2. The quantitative estimate of drug-likeness (QED) is 0.623. The molecular formula is C25H24ClN3O3.